The zero-order chi connectivity index (χ0) is 8.20. The average molecular weight is 146 g/mol. The summed E-state index contributed by atoms with van der Waals surface area (Å²) < 4.78 is 0. The van der Waals surface area contributed by atoms with Crippen molar-refractivity contribution in [3.05, 3.63) is 0 Å². The molecule has 0 heterocycles. The third kappa shape index (κ3) is 2.20. The van der Waals surface area contributed by atoms with Gasteiger partial charge in [0.05, 0.1) is 12.1 Å². The zero-order valence-corrected chi connectivity index (χ0v) is 6.28. The first-order valence-electron chi connectivity index (χ1n) is 2.93. The third-order valence-electron chi connectivity index (χ3n) is 1.28. The molecule has 0 aliphatic heterocycles. The van der Waals surface area contributed by atoms with Crippen molar-refractivity contribution in [3.63, 3.8) is 0 Å². The van der Waals surface area contributed by atoms with Gasteiger partial charge in [-0.25, -0.2) is 5.84 Å². The van der Waals surface area contributed by atoms with Gasteiger partial charge in [-0.05, 0) is 13.8 Å². The lowest BCUT2D eigenvalue weighted by Crippen LogP contribution is -2.50. The highest BCUT2D eigenvalue weighted by molar-refractivity contribution is 5.54. The molecular weight excluding hydrogens is 132 g/mol. The van der Waals surface area contributed by atoms with Crippen LogP contribution in [0.2, 0.25) is 0 Å². The maximum atomic E-state index is 8.77. The minimum absolute atomic E-state index is 0.0461. The minimum atomic E-state index is -0.511. The summed E-state index contributed by atoms with van der Waals surface area (Å²) >= 11 is 0. The highest BCUT2D eigenvalue weighted by atomic mass is 16.3. The molecule has 5 heteroatoms. The number of aliphatic hydroxyl groups is 1. The van der Waals surface area contributed by atoms with E-state index < -0.39 is 5.54 Å². The second-order valence-electron chi connectivity index (χ2n) is 2.64. The molecule has 10 heavy (non-hydrogen) atoms. The molecule has 0 aromatic rings. The quantitative estimate of drug-likeness (QED) is 0.203. The lowest BCUT2D eigenvalue weighted by molar-refractivity contribution is 0.117. The number of nitrogens with two attached hydrogens (primary N) is 2. The molecule has 0 bridgehead atoms. The van der Waals surface area contributed by atoms with Gasteiger partial charge in [0.2, 0.25) is 0 Å². The van der Waals surface area contributed by atoms with Crippen molar-refractivity contribution in [2.24, 2.45) is 16.8 Å². The molecule has 0 aromatic carbocycles. The summed E-state index contributed by atoms with van der Waals surface area (Å²) in [4.78, 5) is 0. The standard InChI is InChI=1S/C5H14N4O/c1-5(2,3-10)9(7)4-8-6/h4,10H,3,6-7H2,1-2H3/b8-4-. The van der Waals surface area contributed by atoms with Gasteiger partial charge in [0.1, 0.15) is 6.34 Å². The van der Waals surface area contributed by atoms with Crippen LogP contribution in [0.1, 0.15) is 13.8 Å². The average Bonchev–Trinajstić information content (AvgIpc) is 1.89. The van der Waals surface area contributed by atoms with E-state index in [0.29, 0.717) is 0 Å². The molecule has 0 saturated carbocycles. The van der Waals surface area contributed by atoms with Crippen molar-refractivity contribution in [2.45, 2.75) is 19.4 Å². The van der Waals surface area contributed by atoms with Crippen LogP contribution in [0.15, 0.2) is 5.10 Å². The van der Waals surface area contributed by atoms with E-state index in [4.69, 9.17) is 16.8 Å². The van der Waals surface area contributed by atoms with E-state index in [1.54, 1.807) is 13.8 Å². The van der Waals surface area contributed by atoms with Gasteiger partial charge in [0.25, 0.3) is 0 Å². The molecule has 5 N–H and O–H groups in total. The van der Waals surface area contributed by atoms with Gasteiger partial charge in [-0.15, -0.1) is 0 Å². The summed E-state index contributed by atoms with van der Waals surface area (Å²) in [5.41, 5.74) is -0.511. The molecule has 0 atom stereocenters. The van der Waals surface area contributed by atoms with E-state index in [1.807, 2.05) is 0 Å². The van der Waals surface area contributed by atoms with E-state index in [9.17, 15) is 0 Å². The molecule has 0 amide bonds. The van der Waals surface area contributed by atoms with Crippen molar-refractivity contribution in [2.75, 3.05) is 6.61 Å². The fourth-order valence-corrected chi connectivity index (χ4v) is 0.310. The molecule has 0 spiro atoms. The fraction of sp³-hybridized carbons (Fsp3) is 0.800. The Morgan fingerprint density at radius 3 is 2.50 bits per heavy atom. The van der Waals surface area contributed by atoms with Crippen LogP contribution in [0, 0.1) is 0 Å². The summed E-state index contributed by atoms with van der Waals surface area (Å²) in [7, 11) is 0. The number of hydrogen-bond acceptors (Lipinski definition) is 4. The van der Waals surface area contributed by atoms with Gasteiger partial charge in [0, 0.05) is 0 Å². The van der Waals surface area contributed by atoms with Gasteiger partial charge in [-0.3, -0.25) is 5.01 Å². The van der Waals surface area contributed by atoms with Crippen molar-refractivity contribution < 1.29 is 5.11 Å². The van der Waals surface area contributed by atoms with Crippen LogP contribution in [-0.2, 0) is 0 Å². The van der Waals surface area contributed by atoms with E-state index >= 15 is 0 Å². The number of hydrazone groups is 1. The molecule has 0 aromatic heterocycles. The Bertz CT molecular complexity index is 123. The van der Waals surface area contributed by atoms with E-state index in [-0.39, 0.29) is 6.61 Å². The third-order valence-corrected chi connectivity index (χ3v) is 1.28. The lowest BCUT2D eigenvalue weighted by atomic mass is 10.1. The first-order chi connectivity index (χ1) is 4.54. The van der Waals surface area contributed by atoms with Gasteiger partial charge >= 0.3 is 0 Å². The van der Waals surface area contributed by atoms with Gasteiger partial charge in [-0.2, -0.15) is 5.10 Å². The Hall–Kier alpha value is -0.810. The molecule has 0 aliphatic rings. The van der Waals surface area contributed by atoms with Crippen molar-refractivity contribution in [1.29, 1.82) is 0 Å². The maximum Gasteiger partial charge on any atom is 0.125 e. The lowest BCUT2D eigenvalue weighted by Gasteiger charge is -2.30. The molecule has 0 rings (SSSR count). The Morgan fingerprint density at radius 1 is 1.70 bits per heavy atom. The molecule has 0 radical (unpaired) electrons. The first kappa shape index (κ1) is 9.19. The predicted octanol–water partition coefficient (Wildman–Crippen LogP) is -1.16. The topological polar surface area (TPSA) is 87.9 Å². The van der Waals surface area contributed by atoms with Crippen LogP contribution in [0.5, 0.6) is 0 Å². The van der Waals surface area contributed by atoms with Crippen LogP contribution in [0.25, 0.3) is 0 Å². The van der Waals surface area contributed by atoms with Crippen molar-refractivity contribution in [1.82, 2.24) is 5.01 Å². The largest absolute Gasteiger partial charge is 0.394 e. The second kappa shape index (κ2) is 3.38. The highest BCUT2D eigenvalue weighted by Crippen LogP contribution is 2.05. The predicted molar refractivity (Wildman–Crippen MR) is 39.9 cm³/mol. The minimum Gasteiger partial charge on any atom is -0.394 e. The summed E-state index contributed by atoms with van der Waals surface area (Å²) in [6.45, 7) is 3.50. The SMILES string of the molecule is CC(C)(CO)N(N)/C=N\N. The highest BCUT2D eigenvalue weighted by Gasteiger charge is 2.20. The normalized spacial score (nSPS) is 12.4. The first-order valence-corrected chi connectivity index (χ1v) is 2.93. The van der Waals surface area contributed by atoms with E-state index in [1.165, 1.54) is 11.3 Å². The van der Waals surface area contributed by atoms with Crippen LogP contribution in [0.3, 0.4) is 0 Å². The van der Waals surface area contributed by atoms with Gasteiger partial charge in [-0.1, -0.05) is 0 Å². The Balaban J connectivity index is 4.03. The van der Waals surface area contributed by atoms with Crippen LogP contribution < -0.4 is 11.7 Å². The molecule has 0 aliphatic carbocycles. The van der Waals surface area contributed by atoms with Gasteiger partial charge < -0.3 is 10.9 Å². The summed E-state index contributed by atoms with van der Waals surface area (Å²) in [6.07, 6.45) is 1.26. The van der Waals surface area contributed by atoms with Crippen molar-refractivity contribution >= 4 is 6.34 Å². The number of aliphatic hydroxyl groups excluding tert-OH is 1. The van der Waals surface area contributed by atoms with E-state index in [0.717, 1.165) is 0 Å². The summed E-state index contributed by atoms with van der Waals surface area (Å²) in [5, 5.41) is 13.2. The number of rotatable bonds is 3. The molecule has 0 fully saturated rings. The summed E-state index contributed by atoms with van der Waals surface area (Å²) in [6, 6.07) is 0. The monoisotopic (exact) mass is 146 g/mol. The zero-order valence-electron chi connectivity index (χ0n) is 6.28. The number of nitrogens with zero attached hydrogens (tertiary/aromatic N) is 2. The second-order valence-corrected chi connectivity index (χ2v) is 2.64. The maximum absolute atomic E-state index is 8.77. The Kier molecular flexibility index (Phi) is 3.11. The molecule has 60 valence electrons. The fourth-order valence-electron chi connectivity index (χ4n) is 0.310. The molecule has 0 saturated heterocycles. The molecular formula is C5H14N4O. The van der Waals surface area contributed by atoms with Crippen LogP contribution >= 0.6 is 0 Å². The molecule has 0 unspecified atom stereocenters. The van der Waals surface area contributed by atoms with Gasteiger partial charge in [0.15, 0.2) is 0 Å². The number of hydrazine groups is 1. The Labute approximate surface area is 60.3 Å². The Morgan fingerprint density at radius 2 is 2.20 bits per heavy atom. The van der Waals surface area contributed by atoms with Crippen LogP contribution in [0.4, 0.5) is 0 Å². The molecule has 5 nitrogen and oxygen atoms in total. The smallest absolute Gasteiger partial charge is 0.125 e. The van der Waals surface area contributed by atoms with E-state index in [2.05, 4.69) is 5.10 Å². The number of hydrogen-bond donors (Lipinski definition) is 3. The van der Waals surface area contributed by atoms with Crippen LogP contribution in [-0.4, -0.2) is 28.6 Å². The summed E-state index contributed by atoms with van der Waals surface area (Å²) in [5.74, 6) is 10.3. The van der Waals surface area contributed by atoms with Crippen molar-refractivity contribution in [3.8, 4) is 0 Å².